The second-order valence-corrected chi connectivity index (χ2v) is 7.27. The first-order valence-electron chi connectivity index (χ1n) is 8.89. The molecule has 1 amide bonds. The molecule has 0 aliphatic carbocycles. The largest absolute Gasteiger partial charge is 0.465 e. The SMILES string of the molecule is COC(=O)c1ccc(C)c(-c2ccc(/C=C(/C#N)C(=O)Nc3cccc(Br)c3)o2)c1. The average molecular weight is 465 g/mol. The first-order valence-corrected chi connectivity index (χ1v) is 9.68. The number of nitrogens with zero attached hydrogens (tertiary/aromatic N) is 1. The quantitative estimate of drug-likeness (QED) is 0.312. The first-order chi connectivity index (χ1) is 14.4. The van der Waals surface area contributed by atoms with Crippen molar-refractivity contribution in [3.8, 4) is 17.4 Å². The third-order valence-electron chi connectivity index (χ3n) is 4.29. The van der Waals surface area contributed by atoms with Gasteiger partial charge in [0.05, 0.1) is 12.7 Å². The van der Waals surface area contributed by atoms with E-state index in [1.165, 1.54) is 13.2 Å². The number of furan rings is 1. The molecule has 150 valence electrons. The van der Waals surface area contributed by atoms with Crippen LogP contribution in [0.3, 0.4) is 0 Å². The molecule has 0 aliphatic rings. The molecule has 1 heterocycles. The van der Waals surface area contributed by atoms with Gasteiger partial charge in [-0.15, -0.1) is 0 Å². The number of carbonyl (C=O) groups is 2. The maximum absolute atomic E-state index is 12.4. The number of aryl methyl sites for hydroxylation is 1. The topological polar surface area (TPSA) is 92.3 Å². The highest BCUT2D eigenvalue weighted by Gasteiger charge is 2.14. The van der Waals surface area contributed by atoms with Gasteiger partial charge in [-0.3, -0.25) is 4.79 Å². The van der Waals surface area contributed by atoms with Crippen LogP contribution in [0.25, 0.3) is 17.4 Å². The highest BCUT2D eigenvalue weighted by Crippen LogP contribution is 2.28. The summed E-state index contributed by atoms with van der Waals surface area (Å²) in [5.41, 5.74) is 2.48. The maximum atomic E-state index is 12.4. The lowest BCUT2D eigenvalue weighted by atomic mass is 10.0. The minimum absolute atomic E-state index is 0.101. The normalized spacial score (nSPS) is 10.9. The Bertz CT molecular complexity index is 1190. The maximum Gasteiger partial charge on any atom is 0.337 e. The molecule has 0 radical (unpaired) electrons. The Morgan fingerprint density at radius 1 is 1.17 bits per heavy atom. The third-order valence-corrected chi connectivity index (χ3v) is 4.78. The molecule has 0 bridgehead atoms. The summed E-state index contributed by atoms with van der Waals surface area (Å²) in [7, 11) is 1.32. The number of methoxy groups -OCH3 is 1. The average Bonchev–Trinajstić information content (AvgIpc) is 3.20. The molecule has 0 atom stereocenters. The van der Waals surface area contributed by atoms with E-state index in [4.69, 9.17) is 9.15 Å². The molecule has 7 heteroatoms. The van der Waals surface area contributed by atoms with E-state index in [1.54, 1.807) is 48.5 Å². The number of nitriles is 1. The third kappa shape index (κ3) is 4.85. The van der Waals surface area contributed by atoms with Crippen LogP contribution in [-0.4, -0.2) is 19.0 Å². The van der Waals surface area contributed by atoms with E-state index >= 15 is 0 Å². The van der Waals surface area contributed by atoms with Crippen LogP contribution in [0.2, 0.25) is 0 Å². The second kappa shape index (κ2) is 9.25. The van der Waals surface area contributed by atoms with Crippen LogP contribution in [0.15, 0.2) is 69.1 Å². The molecule has 0 fully saturated rings. The van der Waals surface area contributed by atoms with Gasteiger partial charge in [-0.25, -0.2) is 4.79 Å². The van der Waals surface area contributed by atoms with Gasteiger partial charge in [-0.2, -0.15) is 5.26 Å². The van der Waals surface area contributed by atoms with Crippen LogP contribution in [-0.2, 0) is 9.53 Å². The molecule has 3 rings (SSSR count). The van der Waals surface area contributed by atoms with Crippen LogP contribution in [0, 0.1) is 18.3 Å². The van der Waals surface area contributed by atoms with E-state index in [9.17, 15) is 14.9 Å². The fourth-order valence-electron chi connectivity index (χ4n) is 2.76. The van der Waals surface area contributed by atoms with E-state index < -0.39 is 11.9 Å². The van der Waals surface area contributed by atoms with Crippen molar-refractivity contribution < 1.29 is 18.7 Å². The van der Waals surface area contributed by atoms with E-state index in [0.29, 0.717) is 22.8 Å². The van der Waals surface area contributed by atoms with Gasteiger partial charge in [0.15, 0.2) is 0 Å². The predicted molar refractivity (Wildman–Crippen MR) is 117 cm³/mol. The van der Waals surface area contributed by atoms with Crippen molar-refractivity contribution in [3.63, 3.8) is 0 Å². The van der Waals surface area contributed by atoms with Crippen LogP contribution < -0.4 is 5.32 Å². The van der Waals surface area contributed by atoms with Gasteiger partial charge in [0.1, 0.15) is 23.2 Å². The van der Waals surface area contributed by atoms with Crippen LogP contribution >= 0.6 is 15.9 Å². The smallest absolute Gasteiger partial charge is 0.337 e. The van der Waals surface area contributed by atoms with Gasteiger partial charge in [0.25, 0.3) is 5.91 Å². The molecular formula is C23H17BrN2O4. The zero-order chi connectivity index (χ0) is 21.7. The highest BCUT2D eigenvalue weighted by atomic mass is 79.9. The van der Waals surface area contributed by atoms with Crippen LogP contribution in [0.4, 0.5) is 5.69 Å². The fourth-order valence-corrected chi connectivity index (χ4v) is 3.16. The fraction of sp³-hybridized carbons (Fsp3) is 0.0870. The Labute approximate surface area is 181 Å². The summed E-state index contributed by atoms with van der Waals surface area (Å²) < 4.78 is 11.4. The summed E-state index contributed by atoms with van der Waals surface area (Å²) in [6, 6.07) is 17.5. The van der Waals surface area contributed by atoms with Gasteiger partial charge >= 0.3 is 5.97 Å². The van der Waals surface area contributed by atoms with Crippen molar-refractivity contribution in [3.05, 3.63) is 81.5 Å². The van der Waals surface area contributed by atoms with Gasteiger partial charge in [-0.05, 0) is 55.0 Å². The minimum atomic E-state index is -0.544. The minimum Gasteiger partial charge on any atom is -0.465 e. The Balaban J connectivity index is 1.86. The molecular weight excluding hydrogens is 448 g/mol. The number of anilines is 1. The lowest BCUT2D eigenvalue weighted by molar-refractivity contribution is -0.112. The Kier molecular flexibility index (Phi) is 6.50. The van der Waals surface area contributed by atoms with E-state index in [1.807, 2.05) is 19.1 Å². The molecule has 2 aromatic carbocycles. The number of rotatable bonds is 5. The molecule has 0 aliphatic heterocycles. The zero-order valence-corrected chi connectivity index (χ0v) is 17.8. The summed E-state index contributed by atoms with van der Waals surface area (Å²) in [5, 5.41) is 12.1. The standard InChI is InChI=1S/C23H17BrN2O4/c1-14-6-7-15(23(28)29-2)11-20(14)21-9-8-19(30-21)10-16(13-25)22(27)26-18-5-3-4-17(24)12-18/h3-12H,1-2H3,(H,26,27)/b16-10-. The number of esters is 1. The van der Waals surface area contributed by atoms with Crippen molar-refractivity contribution in [2.24, 2.45) is 0 Å². The molecule has 6 nitrogen and oxygen atoms in total. The number of nitrogens with one attached hydrogen (secondary N) is 1. The molecule has 0 saturated carbocycles. The Morgan fingerprint density at radius 3 is 2.67 bits per heavy atom. The van der Waals surface area contributed by atoms with E-state index in [2.05, 4.69) is 21.2 Å². The summed E-state index contributed by atoms with van der Waals surface area (Å²) in [5.74, 6) is -0.140. The van der Waals surface area contributed by atoms with Crippen LogP contribution in [0.5, 0.6) is 0 Å². The molecule has 1 aromatic heterocycles. The zero-order valence-electron chi connectivity index (χ0n) is 16.2. The molecule has 0 unspecified atom stereocenters. The van der Waals surface area contributed by atoms with E-state index in [0.717, 1.165) is 15.6 Å². The van der Waals surface area contributed by atoms with Crippen molar-refractivity contribution >= 4 is 39.6 Å². The lowest BCUT2D eigenvalue weighted by Gasteiger charge is -2.06. The van der Waals surface area contributed by atoms with Gasteiger partial charge in [0.2, 0.25) is 0 Å². The van der Waals surface area contributed by atoms with Crippen molar-refractivity contribution in [2.75, 3.05) is 12.4 Å². The Morgan fingerprint density at radius 2 is 1.97 bits per heavy atom. The van der Waals surface area contributed by atoms with Gasteiger partial charge in [0, 0.05) is 21.8 Å². The first kappa shape index (κ1) is 21.1. The highest BCUT2D eigenvalue weighted by molar-refractivity contribution is 9.10. The summed E-state index contributed by atoms with van der Waals surface area (Å²) in [6.45, 7) is 1.89. The Hall–Kier alpha value is -3.63. The number of benzene rings is 2. The monoisotopic (exact) mass is 464 g/mol. The molecule has 0 spiro atoms. The number of carbonyl (C=O) groups excluding carboxylic acids is 2. The molecule has 3 aromatic rings. The summed E-state index contributed by atoms with van der Waals surface area (Å²) in [4.78, 5) is 24.2. The summed E-state index contributed by atoms with van der Waals surface area (Å²) >= 11 is 3.33. The molecule has 0 saturated heterocycles. The van der Waals surface area contributed by atoms with Gasteiger partial charge in [-0.1, -0.05) is 28.1 Å². The van der Waals surface area contributed by atoms with Gasteiger partial charge < -0.3 is 14.5 Å². The lowest BCUT2D eigenvalue weighted by Crippen LogP contribution is -2.13. The number of hydrogen-bond donors (Lipinski definition) is 1. The number of amides is 1. The number of halogens is 1. The molecule has 1 N–H and O–H groups in total. The summed E-state index contributed by atoms with van der Waals surface area (Å²) in [6.07, 6.45) is 1.37. The number of ether oxygens (including phenoxy) is 1. The number of hydrogen-bond acceptors (Lipinski definition) is 5. The van der Waals surface area contributed by atoms with Crippen LogP contribution in [0.1, 0.15) is 21.7 Å². The van der Waals surface area contributed by atoms with Crippen molar-refractivity contribution in [1.29, 1.82) is 5.26 Å². The van der Waals surface area contributed by atoms with Crippen molar-refractivity contribution in [1.82, 2.24) is 0 Å². The second-order valence-electron chi connectivity index (χ2n) is 6.36. The molecule has 30 heavy (non-hydrogen) atoms. The predicted octanol–water partition coefficient (Wildman–Crippen LogP) is 5.35. The van der Waals surface area contributed by atoms with E-state index in [-0.39, 0.29) is 5.57 Å². The van der Waals surface area contributed by atoms with Crippen molar-refractivity contribution in [2.45, 2.75) is 6.92 Å².